The van der Waals surface area contributed by atoms with Crippen LogP contribution in [0.4, 0.5) is 0 Å². The van der Waals surface area contributed by atoms with E-state index in [1.54, 1.807) is 24.3 Å². The highest BCUT2D eigenvalue weighted by Crippen LogP contribution is 2.32. The molecule has 0 saturated carbocycles. The van der Waals surface area contributed by atoms with Gasteiger partial charge in [0.05, 0.1) is 0 Å². The molecule has 100 valence electrons. The number of hydrogen-bond acceptors (Lipinski definition) is 5. The normalized spacial score (nSPS) is 14.4. The van der Waals surface area contributed by atoms with Crippen molar-refractivity contribution >= 4 is 17.8 Å². The van der Waals surface area contributed by atoms with Crippen molar-refractivity contribution in [2.24, 2.45) is 0 Å². The molecule has 0 aliphatic carbocycles. The van der Waals surface area contributed by atoms with Gasteiger partial charge in [-0.2, -0.15) is 0 Å². The average Bonchev–Trinajstić information content (AvgIpc) is 2.83. The standard InChI is InChI=1S/C14H14O5/c1-9(15)10(2)19-14(16)6-4-11-3-5-12-13(7-11)18-8-17-12/h3-7,10H,8H2,1-2H3. The first-order valence-corrected chi connectivity index (χ1v) is 5.85. The zero-order valence-corrected chi connectivity index (χ0v) is 10.7. The predicted octanol–water partition coefficient (Wildman–Crippen LogP) is 1.95. The van der Waals surface area contributed by atoms with Gasteiger partial charge in [0.25, 0.3) is 0 Å². The molecule has 0 fully saturated rings. The van der Waals surface area contributed by atoms with Crippen molar-refractivity contribution in [3.63, 3.8) is 0 Å². The van der Waals surface area contributed by atoms with Crippen molar-refractivity contribution in [3.05, 3.63) is 29.8 Å². The minimum absolute atomic E-state index is 0.190. The number of rotatable bonds is 4. The first-order chi connectivity index (χ1) is 9.06. The summed E-state index contributed by atoms with van der Waals surface area (Å²) in [5, 5.41) is 0. The molecule has 0 bridgehead atoms. The van der Waals surface area contributed by atoms with Crippen molar-refractivity contribution in [3.8, 4) is 11.5 Å². The zero-order chi connectivity index (χ0) is 13.8. The summed E-state index contributed by atoms with van der Waals surface area (Å²) >= 11 is 0. The van der Waals surface area contributed by atoms with Crippen LogP contribution in [-0.4, -0.2) is 24.6 Å². The van der Waals surface area contributed by atoms with Crippen molar-refractivity contribution in [2.45, 2.75) is 20.0 Å². The summed E-state index contributed by atoms with van der Waals surface area (Å²) in [6.07, 6.45) is 2.14. The molecule has 1 aliphatic heterocycles. The van der Waals surface area contributed by atoms with Gasteiger partial charge < -0.3 is 14.2 Å². The van der Waals surface area contributed by atoms with Crippen LogP contribution in [-0.2, 0) is 14.3 Å². The van der Waals surface area contributed by atoms with Crippen LogP contribution < -0.4 is 9.47 Å². The van der Waals surface area contributed by atoms with E-state index >= 15 is 0 Å². The quantitative estimate of drug-likeness (QED) is 0.613. The van der Waals surface area contributed by atoms with Gasteiger partial charge in [-0.15, -0.1) is 0 Å². The fourth-order valence-electron chi connectivity index (χ4n) is 1.48. The Balaban J connectivity index is 1.98. The molecule has 0 N–H and O–H groups in total. The molecule has 1 aliphatic rings. The lowest BCUT2D eigenvalue weighted by Gasteiger charge is -2.06. The second kappa shape index (κ2) is 5.56. The van der Waals surface area contributed by atoms with Crippen LogP contribution in [0.1, 0.15) is 19.4 Å². The Morgan fingerprint density at radius 3 is 2.79 bits per heavy atom. The van der Waals surface area contributed by atoms with Crippen molar-refractivity contribution < 1.29 is 23.8 Å². The number of benzene rings is 1. The fourth-order valence-corrected chi connectivity index (χ4v) is 1.48. The van der Waals surface area contributed by atoms with E-state index in [0.717, 1.165) is 5.56 Å². The first kappa shape index (κ1) is 13.1. The van der Waals surface area contributed by atoms with Crippen LogP contribution in [0.25, 0.3) is 6.08 Å². The Kier molecular flexibility index (Phi) is 3.85. The predicted molar refractivity (Wildman–Crippen MR) is 67.8 cm³/mol. The molecule has 5 nitrogen and oxygen atoms in total. The van der Waals surface area contributed by atoms with Crippen molar-refractivity contribution in [1.82, 2.24) is 0 Å². The Morgan fingerprint density at radius 2 is 2.05 bits per heavy atom. The molecule has 1 heterocycles. The van der Waals surface area contributed by atoms with E-state index in [2.05, 4.69) is 0 Å². The molecule has 0 radical (unpaired) electrons. The number of carbonyl (C=O) groups is 2. The van der Waals surface area contributed by atoms with Crippen molar-refractivity contribution in [1.29, 1.82) is 0 Å². The first-order valence-electron chi connectivity index (χ1n) is 5.85. The molecule has 5 heteroatoms. The lowest BCUT2D eigenvalue weighted by atomic mass is 10.2. The van der Waals surface area contributed by atoms with Gasteiger partial charge >= 0.3 is 5.97 Å². The van der Waals surface area contributed by atoms with Gasteiger partial charge in [-0.1, -0.05) is 6.07 Å². The highest BCUT2D eigenvalue weighted by atomic mass is 16.7. The zero-order valence-electron chi connectivity index (χ0n) is 10.7. The summed E-state index contributed by atoms with van der Waals surface area (Å²) in [4.78, 5) is 22.4. The van der Waals surface area contributed by atoms with E-state index in [-0.39, 0.29) is 12.6 Å². The SMILES string of the molecule is CC(=O)C(C)OC(=O)C=Cc1ccc2c(c1)OCO2. The van der Waals surface area contributed by atoms with Crippen LogP contribution in [0.15, 0.2) is 24.3 Å². The Morgan fingerprint density at radius 1 is 1.32 bits per heavy atom. The summed E-state index contributed by atoms with van der Waals surface area (Å²) in [6.45, 7) is 3.12. The lowest BCUT2D eigenvalue weighted by Crippen LogP contribution is -2.20. The molecule has 1 aromatic carbocycles. The molecule has 1 aromatic rings. The van der Waals surface area contributed by atoms with Crippen LogP contribution in [0.2, 0.25) is 0 Å². The second-order valence-electron chi connectivity index (χ2n) is 4.14. The van der Waals surface area contributed by atoms with Gasteiger partial charge in [0.1, 0.15) is 0 Å². The van der Waals surface area contributed by atoms with Gasteiger partial charge in [0.2, 0.25) is 6.79 Å². The van der Waals surface area contributed by atoms with Gasteiger partial charge in [-0.3, -0.25) is 4.79 Å². The van der Waals surface area contributed by atoms with E-state index in [1.165, 1.54) is 19.9 Å². The van der Waals surface area contributed by atoms with Crippen LogP contribution in [0.5, 0.6) is 11.5 Å². The highest BCUT2D eigenvalue weighted by Gasteiger charge is 2.13. The Labute approximate surface area is 110 Å². The summed E-state index contributed by atoms with van der Waals surface area (Å²) < 4.78 is 15.3. The third-order valence-corrected chi connectivity index (χ3v) is 2.67. The molecular formula is C14H14O5. The monoisotopic (exact) mass is 262 g/mol. The fraction of sp³-hybridized carbons (Fsp3) is 0.286. The minimum atomic E-state index is -0.728. The molecular weight excluding hydrogens is 248 g/mol. The number of fused-ring (bicyclic) bond motifs is 1. The Hall–Kier alpha value is -2.30. The second-order valence-corrected chi connectivity index (χ2v) is 4.14. The Bertz CT molecular complexity index is 533. The summed E-state index contributed by atoms with van der Waals surface area (Å²) in [5.41, 5.74) is 0.789. The molecule has 19 heavy (non-hydrogen) atoms. The van der Waals surface area contributed by atoms with Crippen LogP contribution in [0.3, 0.4) is 0 Å². The maximum Gasteiger partial charge on any atom is 0.331 e. The van der Waals surface area contributed by atoms with Crippen molar-refractivity contribution in [2.75, 3.05) is 6.79 Å². The highest BCUT2D eigenvalue weighted by molar-refractivity contribution is 5.90. The topological polar surface area (TPSA) is 61.8 Å². The lowest BCUT2D eigenvalue weighted by molar-refractivity contribution is -0.148. The average molecular weight is 262 g/mol. The van der Waals surface area contributed by atoms with Gasteiger partial charge in [-0.05, 0) is 37.6 Å². The summed E-state index contributed by atoms with van der Waals surface area (Å²) in [6, 6.07) is 5.33. The number of hydrogen-bond donors (Lipinski definition) is 0. The maximum absolute atomic E-state index is 11.4. The third kappa shape index (κ3) is 3.34. The number of Topliss-reactive ketones (excluding diaryl/α,β-unsaturated/α-hetero) is 1. The molecule has 0 aromatic heterocycles. The summed E-state index contributed by atoms with van der Waals surface area (Å²) in [7, 11) is 0. The number of carbonyl (C=O) groups excluding carboxylic acids is 2. The van der Waals surface area contributed by atoms with E-state index in [1.807, 2.05) is 0 Å². The van der Waals surface area contributed by atoms with E-state index in [0.29, 0.717) is 11.5 Å². The number of esters is 1. The molecule has 0 spiro atoms. The van der Waals surface area contributed by atoms with E-state index in [4.69, 9.17) is 14.2 Å². The largest absolute Gasteiger partial charge is 0.454 e. The smallest absolute Gasteiger partial charge is 0.331 e. The summed E-state index contributed by atoms with van der Waals surface area (Å²) in [5.74, 6) is 0.586. The van der Waals surface area contributed by atoms with Gasteiger partial charge in [0.15, 0.2) is 23.4 Å². The molecule has 1 unspecified atom stereocenters. The number of ether oxygens (including phenoxy) is 3. The van der Waals surface area contributed by atoms with E-state index < -0.39 is 12.1 Å². The number of ketones is 1. The van der Waals surface area contributed by atoms with Crippen LogP contribution >= 0.6 is 0 Å². The van der Waals surface area contributed by atoms with E-state index in [9.17, 15) is 9.59 Å². The van der Waals surface area contributed by atoms with Gasteiger partial charge in [0, 0.05) is 6.08 Å². The van der Waals surface area contributed by atoms with Gasteiger partial charge in [-0.25, -0.2) is 4.79 Å². The third-order valence-electron chi connectivity index (χ3n) is 2.67. The molecule has 0 saturated heterocycles. The molecule has 0 amide bonds. The maximum atomic E-state index is 11.4. The molecule has 1 atom stereocenters. The molecule has 2 rings (SSSR count). The van der Waals surface area contributed by atoms with Crippen LogP contribution in [0, 0.1) is 0 Å². The minimum Gasteiger partial charge on any atom is -0.454 e.